The van der Waals surface area contributed by atoms with Crippen LogP contribution in [-0.4, -0.2) is 42.6 Å². The third kappa shape index (κ3) is 4.28. The minimum Gasteiger partial charge on any atom is -0.465 e. The summed E-state index contributed by atoms with van der Waals surface area (Å²) < 4.78 is 5.33. The number of nitrogens with one attached hydrogen (secondary N) is 1. The molecule has 1 fully saturated rings. The number of nitrogens with zero attached hydrogens (tertiary/aromatic N) is 1. The minimum atomic E-state index is -0.510. The van der Waals surface area contributed by atoms with Gasteiger partial charge in [-0.3, -0.25) is 10.1 Å². The molecular weight excluding hydrogens is 284 g/mol. The summed E-state index contributed by atoms with van der Waals surface area (Å²) in [5.74, 6) is -0.0855. The number of hydrogen-bond acceptors (Lipinski definition) is 5. The molecule has 1 aliphatic rings. The Labute approximate surface area is 131 Å². The summed E-state index contributed by atoms with van der Waals surface area (Å²) in [5.41, 5.74) is -0.510. The normalized spacial score (nSPS) is 18.6. The second-order valence-corrected chi connectivity index (χ2v) is 6.61. The molecule has 0 atom stereocenters. The van der Waals surface area contributed by atoms with Crippen molar-refractivity contribution in [2.24, 2.45) is 0 Å². The molecule has 0 bridgehead atoms. The van der Waals surface area contributed by atoms with Crippen molar-refractivity contribution >= 4 is 17.3 Å². The van der Waals surface area contributed by atoms with E-state index >= 15 is 0 Å². The summed E-state index contributed by atoms with van der Waals surface area (Å²) in [5, 5.41) is 5.56. The predicted molar refractivity (Wildman–Crippen MR) is 86.5 cm³/mol. The van der Waals surface area contributed by atoms with E-state index in [0.717, 1.165) is 45.4 Å². The van der Waals surface area contributed by atoms with Crippen LogP contribution in [-0.2, 0) is 16.1 Å². The van der Waals surface area contributed by atoms with Gasteiger partial charge < -0.3 is 9.64 Å². The summed E-state index contributed by atoms with van der Waals surface area (Å²) in [6.45, 7) is 8.29. The van der Waals surface area contributed by atoms with Gasteiger partial charge in [0.25, 0.3) is 0 Å². The van der Waals surface area contributed by atoms with Crippen LogP contribution < -0.4 is 5.32 Å². The van der Waals surface area contributed by atoms with E-state index in [1.807, 2.05) is 13.0 Å². The van der Waals surface area contributed by atoms with E-state index in [1.54, 1.807) is 11.3 Å². The molecule has 4 nitrogen and oxygen atoms in total. The second kappa shape index (κ2) is 7.92. The van der Waals surface area contributed by atoms with Gasteiger partial charge in [0.2, 0.25) is 0 Å². The van der Waals surface area contributed by atoms with E-state index in [-0.39, 0.29) is 5.97 Å². The third-order valence-electron chi connectivity index (χ3n) is 4.10. The molecule has 118 valence electrons. The molecule has 1 aliphatic heterocycles. The fourth-order valence-electron chi connectivity index (χ4n) is 2.87. The average Bonchev–Trinajstić information content (AvgIpc) is 3.01. The van der Waals surface area contributed by atoms with Gasteiger partial charge in [-0.25, -0.2) is 0 Å². The Morgan fingerprint density at radius 1 is 1.43 bits per heavy atom. The second-order valence-electron chi connectivity index (χ2n) is 5.58. The molecule has 0 aliphatic carbocycles. The number of ether oxygens (including phenoxy) is 1. The maximum absolute atomic E-state index is 12.4. The SMILES string of the molecule is CCCN1CCC(NCc2cccs2)(C(=O)OCC)CC1. The maximum Gasteiger partial charge on any atom is 0.326 e. The number of piperidine rings is 1. The molecule has 1 N–H and O–H groups in total. The Morgan fingerprint density at radius 3 is 2.76 bits per heavy atom. The zero-order chi connectivity index (χ0) is 15.1. The van der Waals surface area contributed by atoms with Gasteiger partial charge in [0.1, 0.15) is 5.54 Å². The van der Waals surface area contributed by atoms with E-state index in [2.05, 4.69) is 28.6 Å². The number of hydrogen-bond donors (Lipinski definition) is 1. The summed E-state index contributed by atoms with van der Waals surface area (Å²) in [6, 6.07) is 4.14. The van der Waals surface area contributed by atoms with E-state index in [0.29, 0.717) is 6.61 Å². The molecule has 1 saturated heterocycles. The van der Waals surface area contributed by atoms with Crippen LogP contribution in [0.2, 0.25) is 0 Å². The predicted octanol–water partition coefficient (Wildman–Crippen LogP) is 2.65. The first-order valence-electron chi connectivity index (χ1n) is 7.87. The van der Waals surface area contributed by atoms with E-state index in [4.69, 9.17) is 4.74 Å². The smallest absolute Gasteiger partial charge is 0.326 e. The standard InChI is InChI=1S/C16H26N2O2S/c1-3-9-18-10-7-16(8-11-18,15(19)20-4-2)17-13-14-6-5-12-21-14/h5-6,12,17H,3-4,7-11,13H2,1-2H3. The molecule has 0 aromatic carbocycles. The third-order valence-corrected chi connectivity index (χ3v) is 4.97. The molecule has 0 radical (unpaired) electrons. The Hall–Kier alpha value is -0.910. The summed E-state index contributed by atoms with van der Waals surface area (Å²) in [4.78, 5) is 16.1. The maximum atomic E-state index is 12.4. The van der Waals surface area contributed by atoms with Gasteiger partial charge in [-0.15, -0.1) is 11.3 Å². The lowest BCUT2D eigenvalue weighted by Gasteiger charge is -2.40. The summed E-state index contributed by atoms with van der Waals surface area (Å²) in [7, 11) is 0. The van der Waals surface area contributed by atoms with Gasteiger partial charge >= 0.3 is 5.97 Å². The van der Waals surface area contributed by atoms with Crippen LogP contribution in [0.25, 0.3) is 0 Å². The van der Waals surface area contributed by atoms with Crippen LogP contribution in [0.15, 0.2) is 17.5 Å². The highest BCUT2D eigenvalue weighted by molar-refractivity contribution is 7.09. The van der Waals surface area contributed by atoms with Crippen LogP contribution >= 0.6 is 11.3 Å². The molecule has 1 aromatic rings. The minimum absolute atomic E-state index is 0.0855. The molecular formula is C16H26N2O2S. The average molecular weight is 310 g/mol. The number of likely N-dealkylation sites (tertiary alicyclic amines) is 1. The van der Waals surface area contributed by atoms with Gasteiger partial charge in [-0.2, -0.15) is 0 Å². The number of carbonyl (C=O) groups excluding carboxylic acids is 1. The number of carbonyl (C=O) groups is 1. The quantitative estimate of drug-likeness (QED) is 0.786. The largest absolute Gasteiger partial charge is 0.465 e. The fourth-order valence-corrected chi connectivity index (χ4v) is 3.51. The first kappa shape index (κ1) is 16.5. The van der Waals surface area contributed by atoms with Crippen molar-refractivity contribution < 1.29 is 9.53 Å². The van der Waals surface area contributed by atoms with Crippen molar-refractivity contribution in [3.63, 3.8) is 0 Å². The van der Waals surface area contributed by atoms with Crippen molar-refractivity contribution in [1.29, 1.82) is 0 Å². The Kier molecular flexibility index (Phi) is 6.21. The van der Waals surface area contributed by atoms with Crippen LogP contribution in [0.5, 0.6) is 0 Å². The Balaban J connectivity index is 1.99. The zero-order valence-corrected chi connectivity index (χ0v) is 13.9. The van der Waals surface area contributed by atoms with Crippen LogP contribution in [0.3, 0.4) is 0 Å². The molecule has 1 aromatic heterocycles. The van der Waals surface area contributed by atoms with Crippen molar-refractivity contribution in [1.82, 2.24) is 10.2 Å². The van der Waals surface area contributed by atoms with Gasteiger partial charge in [0.05, 0.1) is 6.61 Å². The molecule has 5 heteroatoms. The van der Waals surface area contributed by atoms with Crippen molar-refractivity contribution in [3.05, 3.63) is 22.4 Å². The van der Waals surface area contributed by atoms with Crippen LogP contribution in [0.4, 0.5) is 0 Å². The molecule has 0 saturated carbocycles. The van der Waals surface area contributed by atoms with Crippen molar-refractivity contribution in [2.45, 2.75) is 45.2 Å². The van der Waals surface area contributed by atoms with Crippen molar-refractivity contribution in [2.75, 3.05) is 26.2 Å². The monoisotopic (exact) mass is 310 g/mol. The number of thiophene rings is 1. The molecule has 21 heavy (non-hydrogen) atoms. The lowest BCUT2D eigenvalue weighted by atomic mass is 9.87. The highest BCUT2D eigenvalue weighted by atomic mass is 32.1. The number of rotatable bonds is 7. The number of esters is 1. The van der Waals surface area contributed by atoms with E-state index in [1.165, 1.54) is 4.88 Å². The molecule has 0 spiro atoms. The highest BCUT2D eigenvalue weighted by Gasteiger charge is 2.42. The van der Waals surface area contributed by atoms with Gasteiger partial charge in [0, 0.05) is 24.5 Å². The lowest BCUT2D eigenvalue weighted by Crippen LogP contribution is -2.58. The molecule has 0 amide bonds. The summed E-state index contributed by atoms with van der Waals surface area (Å²) in [6.07, 6.45) is 2.82. The molecule has 2 rings (SSSR count). The van der Waals surface area contributed by atoms with Gasteiger partial charge in [-0.05, 0) is 44.2 Å². The zero-order valence-electron chi connectivity index (χ0n) is 13.1. The van der Waals surface area contributed by atoms with Crippen LogP contribution in [0.1, 0.15) is 38.0 Å². The topological polar surface area (TPSA) is 41.6 Å². The van der Waals surface area contributed by atoms with Crippen molar-refractivity contribution in [3.8, 4) is 0 Å². The van der Waals surface area contributed by atoms with Gasteiger partial charge in [0.15, 0.2) is 0 Å². The first-order valence-corrected chi connectivity index (χ1v) is 8.75. The van der Waals surface area contributed by atoms with Gasteiger partial charge in [-0.1, -0.05) is 13.0 Å². The Morgan fingerprint density at radius 2 is 2.19 bits per heavy atom. The lowest BCUT2D eigenvalue weighted by molar-refractivity contribution is -0.153. The summed E-state index contributed by atoms with van der Waals surface area (Å²) >= 11 is 1.72. The molecule has 2 heterocycles. The van der Waals surface area contributed by atoms with E-state index < -0.39 is 5.54 Å². The van der Waals surface area contributed by atoms with Crippen LogP contribution in [0, 0.1) is 0 Å². The fraction of sp³-hybridized carbons (Fsp3) is 0.688. The molecule has 0 unspecified atom stereocenters. The van der Waals surface area contributed by atoms with E-state index in [9.17, 15) is 4.79 Å². The Bertz CT molecular complexity index is 425. The first-order chi connectivity index (χ1) is 10.2. The highest BCUT2D eigenvalue weighted by Crippen LogP contribution is 2.25.